The van der Waals surface area contributed by atoms with Gasteiger partial charge < -0.3 is 5.32 Å². The molecule has 3 atom stereocenters. The summed E-state index contributed by atoms with van der Waals surface area (Å²) in [6.45, 7) is 5.61. The lowest BCUT2D eigenvalue weighted by molar-refractivity contribution is 0.348. The first-order valence-corrected chi connectivity index (χ1v) is 7.19. The zero-order chi connectivity index (χ0) is 13.0. The summed E-state index contributed by atoms with van der Waals surface area (Å²) in [4.78, 5) is 0. The Hall–Kier alpha value is -0.890. The monoisotopic (exact) mass is 249 g/mol. The van der Waals surface area contributed by atoms with E-state index >= 15 is 0 Å². The SMILES string of the molecule is CCCNC1CCC(Cc2ccccc2F)C1C. The maximum atomic E-state index is 13.7. The smallest absolute Gasteiger partial charge is 0.126 e. The van der Waals surface area contributed by atoms with Gasteiger partial charge in [-0.05, 0) is 55.7 Å². The largest absolute Gasteiger partial charge is 0.314 e. The minimum atomic E-state index is -0.0466. The van der Waals surface area contributed by atoms with Gasteiger partial charge in [0.05, 0.1) is 0 Å². The van der Waals surface area contributed by atoms with Gasteiger partial charge in [0.1, 0.15) is 5.82 Å². The van der Waals surface area contributed by atoms with Crippen LogP contribution in [-0.4, -0.2) is 12.6 Å². The maximum Gasteiger partial charge on any atom is 0.126 e. The highest BCUT2D eigenvalue weighted by atomic mass is 19.1. The van der Waals surface area contributed by atoms with Crippen LogP contribution in [0.5, 0.6) is 0 Å². The van der Waals surface area contributed by atoms with E-state index in [0.717, 1.165) is 18.5 Å². The summed E-state index contributed by atoms with van der Waals surface area (Å²) in [5.74, 6) is 1.22. The van der Waals surface area contributed by atoms with Gasteiger partial charge in [0.2, 0.25) is 0 Å². The second kappa shape index (κ2) is 6.33. The van der Waals surface area contributed by atoms with E-state index in [0.29, 0.717) is 17.9 Å². The number of nitrogens with one attached hydrogen (secondary N) is 1. The Bertz CT molecular complexity index is 377. The molecule has 18 heavy (non-hydrogen) atoms. The van der Waals surface area contributed by atoms with Crippen molar-refractivity contribution in [2.45, 2.75) is 45.6 Å². The highest BCUT2D eigenvalue weighted by Crippen LogP contribution is 2.34. The number of hydrogen-bond donors (Lipinski definition) is 1. The van der Waals surface area contributed by atoms with Crippen LogP contribution in [0.3, 0.4) is 0 Å². The van der Waals surface area contributed by atoms with Crippen molar-refractivity contribution in [1.82, 2.24) is 5.32 Å². The summed E-state index contributed by atoms with van der Waals surface area (Å²) in [7, 11) is 0. The lowest BCUT2D eigenvalue weighted by Gasteiger charge is -2.22. The van der Waals surface area contributed by atoms with Gasteiger partial charge in [-0.2, -0.15) is 0 Å². The van der Waals surface area contributed by atoms with Crippen LogP contribution < -0.4 is 5.32 Å². The summed E-state index contributed by atoms with van der Waals surface area (Å²) >= 11 is 0. The lowest BCUT2D eigenvalue weighted by Crippen LogP contribution is -2.33. The molecule has 2 heteroatoms. The highest BCUT2D eigenvalue weighted by molar-refractivity contribution is 5.18. The van der Waals surface area contributed by atoms with Crippen molar-refractivity contribution in [2.75, 3.05) is 6.54 Å². The molecule has 1 aliphatic carbocycles. The zero-order valence-corrected chi connectivity index (χ0v) is 11.5. The Morgan fingerprint density at radius 2 is 2.06 bits per heavy atom. The van der Waals surface area contributed by atoms with Gasteiger partial charge in [-0.1, -0.05) is 32.0 Å². The van der Waals surface area contributed by atoms with Crippen LogP contribution in [0.2, 0.25) is 0 Å². The quantitative estimate of drug-likeness (QED) is 0.837. The van der Waals surface area contributed by atoms with Gasteiger partial charge in [-0.15, -0.1) is 0 Å². The fraction of sp³-hybridized carbons (Fsp3) is 0.625. The number of benzene rings is 1. The summed E-state index contributed by atoms with van der Waals surface area (Å²) in [6.07, 6.45) is 4.52. The molecule has 3 unspecified atom stereocenters. The third-order valence-electron chi connectivity index (χ3n) is 4.32. The topological polar surface area (TPSA) is 12.0 Å². The molecule has 1 saturated carbocycles. The predicted octanol–water partition coefficient (Wildman–Crippen LogP) is 3.78. The second-order valence-corrected chi connectivity index (χ2v) is 5.55. The first-order valence-electron chi connectivity index (χ1n) is 7.19. The first-order chi connectivity index (χ1) is 8.72. The van der Waals surface area contributed by atoms with Crippen LogP contribution in [0, 0.1) is 17.7 Å². The van der Waals surface area contributed by atoms with Crippen LogP contribution >= 0.6 is 0 Å². The fourth-order valence-corrected chi connectivity index (χ4v) is 3.10. The molecule has 1 fully saturated rings. The van der Waals surface area contributed by atoms with Gasteiger partial charge in [0.15, 0.2) is 0 Å². The van der Waals surface area contributed by atoms with Crippen molar-refractivity contribution in [3.8, 4) is 0 Å². The van der Waals surface area contributed by atoms with Crippen molar-refractivity contribution >= 4 is 0 Å². The van der Waals surface area contributed by atoms with Crippen molar-refractivity contribution in [1.29, 1.82) is 0 Å². The van der Waals surface area contributed by atoms with E-state index in [9.17, 15) is 4.39 Å². The third kappa shape index (κ3) is 3.11. The van der Waals surface area contributed by atoms with Crippen molar-refractivity contribution in [2.24, 2.45) is 11.8 Å². The normalized spacial score (nSPS) is 27.6. The Labute approximate surface area is 110 Å². The summed E-state index contributed by atoms with van der Waals surface area (Å²) in [6, 6.07) is 7.82. The van der Waals surface area contributed by atoms with Crippen LogP contribution in [0.4, 0.5) is 4.39 Å². The Morgan fingerprint density at radius 1 is 1.28 bits per heavy atom. The Morgan fingerprint density at radius 3 is 2.78 bits per heavy atom. The highest BCUT2D eigenvalue weighted by Gasteiger charge is 2.32. The molecule has 0 spiro atoms. The zero-order valence-electron chi connectivity index (χ0n) is 11.5. The third-order valence-corrected chi connectivity index (χ3v) is 4.32. The van der Waals surface area contributed by atoms with Gasteiger partial charge in [0, 0.05) is 6.04 Å². The second-order valence-electron chi connectivity index (χ2n) is 5.55. The van der Waals surface area contributed by atoms with Crippen LogP contribution in [-0.2, 0) is 6.42 Å². The molecule has 0 saturated heterocycles. The molecule has 0 aliphatic heterocycles. The number of halogens is 1. The average Bonchev–Trinajstić information content (AvgIpc) is 2.71. The molecule has 0 radical (unpaired) electrons. The summed E-state index contributed by atoms with van der Waals surface area (Å²) in [5.41, 5.74) is 0.880. The van der Waals surface area contributed by atoms with Crippen molar-refractivity contribution < 1.29 is 4.39 Å². The molecule has 0 amide bonds. The molecular formula is C16H24FN. The minimum absolute atomic E-state index is 0.0466. The van der Waals surface area contributed by atoms with E-state index < -0.39 is 0 Å². The van der Waals surface area contributed by atoms with E-state index in [4.69, 9.17) is 0 Å². The van der Waals surface area contributed by atoms with Crippen LogP contribution in [0.25, 0.3) is 0 Å². The lowest BCUT2D eigenvalue weighted by atomic mass is 9.89. The molecule has 1 aromatic rings. The van der Waals surface area contributed by atoms with E-state index in [2.05, 4.69) is 19.2 Å². The standard InChI is InChI=1S/C16H24FN/c1-3-10-18-16-9-8-13(12(16)2)11-14-6-4-5-7-15(14)17/h4-7,12-13,16,18H,3,8-11H2,1-2H3. The van der Waals surface area contributed by atoms with E-state index in [1.54, 1.807) is 12.1 Å². The molecule has 1 aromatic carbocycles. The van der Waals surface area contributed by atoms with E-state index in [1.807, 2.05) is 12.1 Å². The first kappa shape index (κ1) is 13.5. The minimum Gasteiger partial charge on any atom is -0.314 e. The summed E-state index contributed by atoms with van der Waals surface area (Å²) < 4.78 is 13.7. The fourth-order valence-electron chi connectivity index (χ4n) is 3.10. The van der Waals surface area contributed by atoms with Crippen LogP contribution in [0.1, 0.15) is 38.7 Å². The van der Waals surface area contributed by atoms with Gasteiger partial charge in [-0.25, -0.2) is 4.39 Å². The molecule has 1 nitrogen and oxygen atoms in total. The molecule has 0 aromatic heterocycles. The average molecular weight is 249 g/mol. The molecular weight excluding hydrogens is 225 g/mol. The molecule has 0 bridgehead atoms. The summed E-state index contributed by atoms with van der Waals surface area (Å²) in [5, 5.41) is 3.62. The van der Waals surface area contributed by atoms with Crippen molar-refractivity contribution in [3.63, 3.8) is 0 Å². The Kier molecular flexibility index (Phi) is 4.76. The van der Waals surface area contributed by atoms with Gasteiger partial charge in [0.25, 0.3) is 0 Å². The predicted molar refractivity (Wildman–Crippen MR) is 74.1 cm³/mol. The van der Waals surface area contributed by atoms with Crippen molar-refractivity contribution in [3.05, 3.63) is 35.6 Å². The molecule has 2 rings (SSSR count). The molecule has 0 heterocycles. The van der Waals surface area contributed by atoms with Gasteiger partial charge >= 0.3 is 0 Å². The van der Waals surface area contributed by atoms with Gasteiger partial charge in [-0.3, -0.25) is 0 Å². The molecule has 1 N–H and O–H groups in total. The van der Waals surface area contributed by atoms with E-state index in [-0.39, 0.29) is 5.82 Å². The molecule has 1 aliphatic rings. The number of rotatable bonds is 5. The maximum absolute atomic E-state index is 13.7. The number of hydrogen-bond acceptors (Lipinski definition) is 1. The Balaban J connectivity index is 1.93. The molecule has 100 valence electrons. The van der Waals surface area contributed by atoms with E-state index in [1.165, 1.54) is 19.3 Å². The van der Waals surface area contributed by atoms with Crippen LogP contribution in [0.15, 0.2) is 24.3 Å².